The van der Waals surface area contributed by atoms with Crippen LogP contribution in [-0.4, -0.2) is 20.6 Å². The average molecular weight is 363 g/mol. The molecule has 0 unspecified atom stereocenters. The number of benzene rings is 1. The van der Waals surface area contributed by atoms with Crippen molar-refractivity contribution < 1.29 is 0 Å². The Kier molecular flexibility index (Phi) is 4.44. The van der Waals surface area contributed by atoms with Crippen LogP contribution in [0.2, 0.25) is 0 Å². The van der Waals surface area contributed by atoms with Gasteiger partial charge in [0.1, 0.15) is 4.60 Å². The molecule has 0 bridgehead atoms. The minimum Gasteiger partial charge on any atom is -0.266 e. The first kappa shape index (κ1) is 15.1. The molecule has 0 saturated heterocycles. The number of hydrazine groups is 2. The Morgan fingerprint density at radius 1 is 1.23 bits per heavy atom. The number of nitrogens with one attached hydrogen (secondary N) is 2. The molecule has 7 heteroatoms. The van der Waals surface area contributed by atoms with Crippen molar-refractivity contribution in [3.05, 3.63) is 52.3 Å². The second-order valence-electron chi connectivity index (χ2n) is 5.66. The predicted molar refractivity (Wildman–Crippen MR) is 89.6 cm³/mol. The zero-order valence-corrected chi connectivity index (χ0v) is 14.2. The van der Waals surface area contributed by atoms with Gasteiger partial charge in [0.25, 0.3) is 0 Å². The van der Waals surface area contributed by atoms with Crippen molar-refractivity contribution in [1.29, 1.82) is 0 Å². The average Bonchev–Trinajstić information content (AvgIpc) is 3.07. The van der Waals surface area contributed by atoms with Crippen molar-refractivity contribution in [1.82, 2.24) is 25.9 Å². The van der Waals surface area contributed by atoms with Crippen LogP contribution in [0.4, 0.5) is 0 Å². The van der Waals surface area contributed by atoms with Crippen LogP contribution in [0.3, 0.4) is 0 Å². The molecule has 2 heterocycles. The van der Waals surface area contributed by atoms with E-state index >= 15 is 0 Å². The molecule has 1 aliphatic heterocycles. The number of nitrogens with zero attached hydrogens (tertiary/aromatic N) is 4. The van der Waals surface area contributed by atoms with Gasteiger partial charge < -0.3 is 0 Å². The molecule has 1 aromatic carbocycles. The number of hydrogen-bond donors (Lipinski definition) is 2. The van der Waals surface area contributed by atoms with Crippen LogP contribution < -0.4 is 11.1 Å². The van der Waals surface area contributed by atoms with Crippen LogP contribution in [0.5, 0.6) is 0 Å². The van der Waals surface area contributed by atoms with E-state index in [-0.39, 0.29) is 0 Å². The molecule has 0 fully saturated rings. The highest BCUT2D eigenvalue weighted by Gasteiger charge is 2.23. The lowest BCUT2D eigenvalue weighted by molar-refractivity contribution is 0.288. The summed E-state index contributed by atoms with van der Waals surface area (Å²) in [6.45, 7) is 5.93. The number of aromatic nitrogens is 2. The van der Waals surface area contributed by atoms with Gasteiger partial charge in [0.15, 0.2) is 5.84 Å². The maximum Gasteiger partial charge on any atom is 0.177 e. The van der Waals surface area contributed by atoms with E-state index in [1.54, 1.807) is 0 Å². The van der Waals surface area contributed by atoms with Crippen LogP contribution in [0, 0.1) is 5.92 Å². The number of hydrazone groups is 1. The molecule has 0 spiro atoms. The first-order valence-electron chi connectivity index (χ1n) is 7.26. The lowest BCUT2D eigenvalue weighted by Gasteiger charge is -2.18. The van der Waals surface area contributed by atoms with Crippen LogP contribution >= 0.6 is 15.9 Å². The summed E-state index contributed by atoms with van der Waals surface area (Å²) in [4.78, 5) is 0. The Morgan fingerprint density at radius 3 is 2.73 bits per heavy atom. The van der Waals surface area contributed by atoms with Crippen LogP contribution in [0.1, 0.15) is 25.0 Å². The van der Waals surface area contributed by atoms with Crippen LogP contribution in [0.25, 0.3) is 0 Å². The maximum absolute atomic E-state index is 4.45. The highest BCUT2D eigenvalue weighted by molar-refractivity contribution is 9.10. The van der Waals surface area contributed by atoms with Gasteiger partial charge in [-0.2, -0.15) is 5.10 Å². The van der Waals surface area contributed by atoms with E-state index in [0.29, 0.717) is 12.5 Å². The highest BCUT2D eigenvalue weighted by Crippen LogP contribution is 2.21. The number of amidine groups is 1. The molecule has 1 aromatic heterocycles. The molecule has 0 aliphatic carbocycles. The normalized spacial score (nSPS) is 14.4. The summed E-state index contributed by atoms with van der Waals surface area (Å²) in [6.07, 6.45) is 1.85. The van der Waals surface area contributed by atoms with E-state index < -0.39 is 0 Å². The van der Waals surface area contributed by atoms with Gasteiger partial charge in [0.05, 0.1) is 18.3 Å². The lowest BCUT2D eigenvalue weighted by Crippen LogP contribution is -2.40. The van der Waals surface area contributed by atoms with E-state index in [2.05, 4.69) is 63.2 Å². The molecule has 6 nitrogen and oxygen atoms in total. The zero-order chi connectivity index (χ0) is 15.5. The molecule has 0 radical (unpaired) electrons. The minimum atomic E-state index is 0.534. The quantitative estimate of drug-likeness (QED) is 0.857. The molecule has 116 valence electrons. The predicted octanol–water partition coefficient (Wildman–Crippen LogP) is 2.49. The number of rotatable bonds is 5. The standard InChI is InChI=1S/C15H19BrN6/c1-11(2)9-21-14(16)13(8-17-21)15-18-19-20-22(15)10-12-6-4-3-5-7-12/h3-8,11,19-20H,9-10H2,1-2H3. The fourth-order valence-electron chi connectivity index (χ4n) is 2.33. The van der Waals surface area contributed by atoms with E-state index in [1.165, 1.54) is 5.56 Å². The minimum absolute atomic E-state index is 0.534. The number of halogens is 1. The van der Waals surface area contributed by atoms with E-state index in [1.807, 2.05) is 34.1 Å². The van der Waals surface area contributed by atoms with Gasteiger partial charge >= 0.3 is 0 Å². The third-order valence-electron chi connectivity index (χ3n) is 3.34. The molecule has 22 heavy (non-hydrogen) atoms. The third-order valence-corrected chi connectivity index (χ3v) is 4.18. The van der Waals surface area contributed by atoms with Gasteiger partial charge in [-0.25, -0.2) is 5.53 Å². The van der Waals surface area contributed by atoms with Crippen molar-refractivity contribution in [2.45, 2.75) is 26.9 Å². The SMILES string of the molecule is CC(C)Cn1ncc(C2=NNNN2Cc2ccccc2)c1Br. The van der Waals surface area contributed by atoms with E-state index in [4.69, 9.17) is 0 Å². The molecule has 3 rings (SSSR count). The molecular formula is C15H19BrN6. The Labute approximate surface area is 138 Å². The van der Waals surface area contributed by atoms with Gasteiger partial charge in [-0.15, -0.1) is 10.6 Å². The van der Waals surface area contributed by atoms with Gasteiger partial charge in [-0.1, -0.05) is 44.2 Å². The zero-order valence-electron chi connectivity index (χ0n) is 12.6. The molecule has 0 atom stereocenters. The van der Waals surface area contributed by atoms with E-state index in [9.17, 15) is 0 Å². The lowest BCUT2D eigenvalue weighted by atomic mass is 10.2. The fourth-order valence-corrected chi connectivity index (χ4v) is 2.85. The van der Waals surface area contributed by atoms with E-state index in [0.717, 1.165) is 22.5 Å². The topological polar surface area (TPSA) is 57.5 Å². The summed E-state index contributed by atoms with van der Waals surface area (Å²) in [6, 6.07) is 10.3. The second-order valence-corrected chi connectivity index (χ2v) is 6.41. The third kappa shape index (κ3) is 3.15. The van der Waals surface area contributed by atoms with Crippen molar-refractivity contribution in [2.75, 3.05) is 0 Å². The summed E-state index contributed by atoms with van der Waals surface area (Å²) < 4.78 is 2.91. The molecular weight excluding hydrogens is 344 g/mol. The Hall–Kier alpha value is -1.86. The van der Waals surface area contributed by atoms with Gasteiger partial charge in [0.2, 0.25) is 0 Å². The largest absolute Gasteiger partial charge is 0.266 e. The van der Waals surface area contributed by atoms with Crippen LogP contribution in [0.15, 0.2) is 46.2 Å². The summed E-state index contributed by atoms with van der Waals surface area (Å²) >= 11 is 3.64. The molecule has 2 N–H and O–H groups in total. The van der Waals surface area contributed by atoms with Crippen LogP contribution in [-0.2, 0) is 13.1 Å². The highest BCUT2D eigenvalue weighted by atomic mass is 79.9. The molecule has 1 aliphatic rings. The smallest absolute Gasteiger partial charge is 0.177 e. The first-order chi connectivity index (χ1) is 10.6. The van der Waals surface area contributed by atoms with Crippen molar-refractivity contribution in [3.8, 4) is 0 Å². The Morgan fingerprint density at radius 2 is 2.00 bits per heavy atom. The molecule has 2 aromatic rings. The Balaban J connectivity index is 1.80. The molecule has 0 saturated carbocycles. The van der Waals surface area contributed by atoms with Gasteiger partial charge in [-0.3, -0.25) is 9.69 Å². The summed E-state index contributed by atoms with van der Waals surface area (Å²) in [7, 11) is 0. The maximum atomic E-state index is 4.45. The summed E-state index contributed by atoms with van der Waals surface area (Å²) in [5, 5.41) is 10.8. The molecule has 0 amide bonds. The van der Waals surface area contributed by atoms with Crippen molar-refractivity contribution in [3.63, 3.8) is 0 Å². The van der Waals surface area contributed by atoms with Gasteiger partial charge in [-0.05, 0) is 27.4 Å². The fraction of sp³-hybridized carbons (Fsp3) is 0.333. The van der Waals surface area contributed by atoms with Crippen molar-refractivity contribution in [2.24, 2.45) is 11.0 Å². The van der Waals surface area contributed by atoms with Crippen molar-refractivity contribution >= 4 is 21.8 Å². The summed E-state index contributed by atoms with van der Waals surface area (Å²) in [5.74, 6) is 1.36. The number of hydrogen-bond acceptors (Lipinski definition) is 5. The monoisotopic (exact) mass is 362 g/mol. The second kappa shape index (κ2) is 6.50. The van der Waals surface area contributed by atoms with Gasteiger partial charge in [0, 0.05) is 6.54 Å². The Bertz CT molecular complexity index is 664. The first-order valence-corrected chi connectivity index (χ1v) is 8.06. The summed E-state index contributed by atoms with van der Waals surface area (Å²) in [5.41, 5.74) is 8.05.